The second kappa shape index (κ2) is 35.5. The third-order valence-electron chi connectivity index (χ3n) is 20.5. The number of carboxylic acid groups (broad SMARTS) is 1. The number of hydrogen-bond acceptors (Lipinski definition) is 15. The van der Waals surface area contributed by atoms with Gasteiger partial charge in [0, 0.05) is 37.5 Å². The van der Waals surface area contributed by atoms with Crippen molar-refractivity contribution in [1.29, 1.82) is 0 Å². The van der Waals surface area contributed by atoms with Crippen LogP contribution in [0.3, 0.4) is 0 Å². The van der Waals surface area contributed by atoms with Crippen LogP contribution in [0.2, 0.25) is 0 Å². The summed E-state index contributed by atoms with van der Waals surface area (Å²) in [7, 11) is 0. The molecule has 6 aliphatic rings. The average molecular weight is 1410 g/mol. The lowest BCUT2D eigenvalue weighted by Gasteiger charge is -2.29. The Hall–Kier alpha value is -9.04. The summed E-state index contributed by atoms with van der Waals surface area (Å²) >= 11 is 2.93. The topological polar surface area (TPSA) is 230 Å². The second-order valence-corrected chi connectivity index (χ2v) is 29.2. The molecule has 2 aromatic heterocycles. The normalized spacial score (nSPS) is 25.8. The molecule has 4 fully saturated rings. The van der Waals surface area contributed by atoms with E-state index < -0.39 is 28.9 Å². The SMILES string of the molecule is C.C.NOc1ccccc1.O=C1C[C@]2(C(=O)NOc3ccccc3)C[C@H]2/C=C\CCCCC[C@H](CCc2ccccc2)C(=O)N2C[C@H](Oc3nc4ccccc4s3)C[C@@H]12.O=C1C[C@]2(C(=O)O)C[C@H]2/C=C\CCCCC[C@H](CCc2ccccc2)C(=O)N2C[C@H](Oc3nc4ccccc4s3)C[C@@H]12. The molecule has 0 bridgehead atoms. The highest BCUT2D eigenvalue weighted by Crippen LogP contribution is 2.58. The number of Topliss-reactive ketones (excluding diaryl/α,β-unsaturated/α-hetero) is 2. The zero-order valence-electron chi connectivity index (χ0n) is 55.9. The van der Waals surface area contributed by atoms with E-state index in [4.69, 9.17) is 20.2 Å². The number of carboxylic acids is 1. The van der Waals surface area contributed by atoms with Crippen LogP contribution in [-0.4, -0.2) is 97.5 Å². The monoisotopic (exact) mass is 1400 g/mol. The molecule has 0 radical (unpaired) electrons. The van der Waals surface area contributed by atoms with Crippen molar-refractivity contribution in [2.24, 2.45) is 40.4 Å². The Bertz CT molecular complexity index is 4030. The lowest BCUT2D eigenvalue weighted by Crippen LogP contribution is -2.46. The number of carbonyl (C=O) groups is 6. The first-order valence-corrected chi connectivity index (χ1v) is 36.8. The molecule has 4 aliphatic heterocycles. The summed E-state index contributed by atoms with van der Waals surface area (Å²) in [5.41, 5.74) is 4.77. The Labute approximate surface area is 601 Å². The number of nitrogens with zero attached hydrogens (tertiary/aromatic N) is 4. The quantitative estimate of drug-likeness (QED) is 0.0641. The molecule has 3 amide bonds. The molecule has 6 heterocycles. The largest absolute Gasteiger partial charge is 0.481 e. The molecule has 532 valence electrons. The lowest BCUT2D eigenvalue weighted by molar-refractivity contribution is -0.147. The minimum atomic E-state index is -1.07. The highest BCUT2D eigenvalue weighted by molar-refractivity contribution is 7.20. The number of benzene rings is 6. The van der Waals surface area contributed by atoms with Gasteiger partial charge in [0.25, 0.3) is 16.3 Å². The molecule has 2 saturated carbocycles. The molecular weight excluding hydrogens is 1310 g/mol. The van der Waals surface area contributed by atoms with Crippen molar-refractivity contribution in [2.75, 3.05) is 13.1 Å². The summed E-state index contributed by atoms with van der Waals surface area (Å²) in [6.07, 6.45) is 21.6. The van der Waals surface area contributed by atoms with Crippen LogP contribution in [0.25, 0.3) is 20.4 Å². The number of nitrogens with one attached hydrogen (secondary N) is 1. The van der Waals surface area contributed by atoms with E-state index in [0.717, 1.165) is 104 Å². The van der Waals surface area contributed by atoms with Gasteiger partial charge in [-0.2, -0.15) is 11.4 Å². The number of fused-ring (bicyclic) bond motifs is 6. The lowest BCUT2D eigenvalue weighted by atomic mass is 9.90. The fourth-order valence-electron chi connectivity index (χ4n) is 14.6. The number of allylic oxidation sites excluding steroid dienone is 4. The van der Waals surface area contributed by atoms with Gasteiger partial charge in [-0.3, -0.25) is 28.8 Å². The summed E-state index contributed by atoms with van der Waals surface area (Å²) in [5, 5.41) is 11.2. The van der Waals surface area contributed by atoms with Crippen molar-refractivity contribution >= 4 is 78.4 Å². The van der Waals surface area contributed by atoms with Crippen molar-refractivity contribution in [3.05, 3.63) is 205 Å². The van der Waals surface area contributed by atoms with Gasteiger partial charge < -0.3 is 34.1 Å². The van der Waals surface area contributed by atoms with Gasteiger partial charge in [0.1, 0.15) is 18.0 Å². The van der Waals surface area contributed by atoms with Crippen LogP contribution in [0.1, 0.15) is 142 Å². The molecule has 2 saturated heterocycles. The van der Waals surface area contributed by atoms with E-state index in [9.17, 15) is 33.9 Å². The maximum Gasteiger partial charge on any atom is 0.310 e. The summed E-state index contributed by atoms with van der Waals surface area (Å²) < 4.78 is 14.8. The molecule has 2 aliphatic carbocycles. The Balaban J connectivity index is 0.000000194. The van der Waals surface area contributed by atoms with E-state index >= 15 is 0 Å². The molecule has 0 spiro atoms. The van der Waals surface area contributed by atoms with Crippen LogP contribution >= 0.6 is 22.7 Å². The Kier molecular flexibility index (Phi) is 26.3. The third kappa shape index (κ3) is 19.1. The summed E-state index contributed by atoms with van der Waals surface area (Å²) in [5.74, 6) is 3.94. The molecule has 8 aromatic rings. The van der Waals surface area contributed by atoms with Gasteiger partial charge in [0.2, 0.25) is 11.8 Å². The Morgan fingerprint density at radius 1 is 0.535 bits per heavy atom. The standard InChI is InChI=1S/C40H43N3O5S.C34H38N2O5S.C6H7NO.2CH4/c44-35-26-40(38(46)42-48-31-18-10-5-11-19-31)25-30(40)17-9-3-1-2-8-16-29(23-22-28-14-6-4-7-15-28)37(45)43-27-32(24-34(35)43)47-39-41-33-20-12-13-21-36(33)49-39;37-29-21-34(32(39)40)20-25(34)14-8-3-1-2-7-13-24(18-17-23-11-5-4-6-12-23)31(38)36-22-26(19-28(29)36)41-33-35-27-15-9-10-16-30(27)42-33;7-8-6-4-2-1-3-5-6;;/h4-7,9-15,17-21,29-30,32,34H,1-3,8,16,22-27H2,(H,42,46);4-6,8-12,14-16,24-26,28H,1-3,7,13,17-22H2,(H,39,40);1-5H,7H2;2*1H4/b17-9-;14-8-;;;/t29-,30-,32-,34+,40-;24-,25-,26-,28+,34-;;;/m11.../s1. The number of aromatic nitrogens is 2. The molecule has 101 heavy (non-hydrogen) atoms. The van der Waals surface area contributed by atoms with E-state index in [2.05, 4.69) is 62.8 Å². The molecular formula is C82H96N6O11S2. The van der Waals surface area contributed by atoms with Crippen LogP contribution in [0.5, 0.6) is 21.9 Å². The zero-order chi connectivity index (χ0) is 68.6. The smallest absolute Gasteiger partial charge is 0.310 e. The number of hydroxylamine groups is 1. The number of para-hydroxylation sites is 4. The van der Waals surface area contributed by atoms with Gasteiger partial charge in [-0.15, -0.1) is 0 Å². The van der Waals surface area contributed by atoms with E-state index in [-0.39, 0.29) is 92.9 Å². The predicted octanol–water partition coefficient (Wildman–Crippen LogP) is 16.2. The van der Waals surface area contributed by atoms with Crippen LogP contribution in [-0.2, 0) is 41.6 Å². The van der Waals surface area contributed by atoms with Crippen LogP contribution in [0, 0.1) is 34.5 Å². The van der Waals surface area contributed by atoms with E-state index in [1.54, 1.807) is 34.1 Å². The first kappa shape index (κ1) is 74.6. The molecule has 0 unspecified atom stereocenters. The Morgan fingerprint density at radius 3 is 1.40 bits per heavy atom. The van der Waals surface area contributed by atoms with Crippen molar-refractivity contribution in [3.8, 4) is 21.9 Å². The minimum absolute atomic E-state index is 0. The highest BCUT2D eigenvalue weighted by Gasteiger charge is 2.62. The maximum absolute atomic E-state index is 14.5. The number of carbonyl (C=O) groups excluding carboxylic acids is 5. The van der Waals surface area contributed by atoms with Gasteiger partial charge in [0.15, 0.2) is 17.3 Å². The number of nitrogens with two attached hydrogens (primary N) is 1. The van der Waals surface area contributed by atoms with Crippen LogP contribution < -0.4 is 30.5 Å². The maximum atomic E-state index is 14.5. The van der Waals surface area contributed by atoms with Gasteiger partial charge >= 0.3 is 5.97 Å². The number of rotatable bonds is 15. The minimum Gasteiger partial charge on any atom is -0.481 e. The fourth-order valence-corrected chi connectivity index (χ4v) is 16.4. The first-order valence-electron chi connectivity index (χ1n) is 35.1. The van der Waals surface area contributed by atoms with Crippen LogP contribution in [0.15, 0.2) is 194 Å². The Morgan fingerprint density at radius 2 is 0.950 bits per heavy atom. The van der Waals surface area contributed by atoms with Crippen molar-refractivity contribution in [2.45, 2.75) is 168 Å². The van der Waals surface area contributed by atoms with Crippen molar-refractivity contribution < 1.29 is 53.0 Å². The van der Waals surface area contributed by atoms with E-state index in [1.807, 2.05) is 127 Å². The molecule has 10 atom stereocenters. The number of ketones is 2. The molecule has 14 rings (SSSR count). The number of ether oxygens (including phenoxy) is 2. The predicted molar refractivity (Wildman–Crippen MR) is 397 cm³/mol. The third-order valence-corrected chi connectivity index (χ3v) is 22.3. The molecule has 17 nitrogen and oxygen atoms in total. The summed E-state index contributed by atoms with van der Waals surface area (Å²) in [4.78, 5) is 106. The zero-order valence-corrected chi connectivity index (χ0v) is 57.5. The average Bonchev–Trinajstić information content (AvgIpc) is 1.59. The van der Waals surface area contributed by atoms with Crippen molar-refractivity contribution in [1.82, 2.24) is 25.2 Å². The summed E-state index contributed by atoms with van der Waals surface area (Å²) in [6.45, 7) is 0.614. The van der Waals surface area contributed by atoms with E-state index in [1.165, 1.54) is 33.8 Å². The van der Waals surface area contributed by atoms with Gasteiger partial charge in [-0.25, -0.2) is 9.97 Å². The number of amides is 3. The number of aryl methyl sites for hydroxylation is 2. The number of aliphatic carboxylic acids is 1. The van der Waals surface area contributed by atoms with Gasteiger partial charge in [0.05, 0.1) is 56.4 Å². The number of hydrogen-bond donors (Lipinski definition) is 3. The molecule has 6 aromatic carbocycles. The fraction of sp³-hybridized carbons (Fsp3) is 0.415. The van der Waals surface area contributed by atoms with Gasteiger partial charge in [-0.1, -0.05) is 209 Å². The molecule has 19 heteroatoms. The van der Waals surface area contributed by atoms with Crippen molar-refractivity contribution in [3.63, 3.8) is 0 Å². The van der Waals surface area contributed by atoms with Gasteiger partial charge in [-0.05, 0) is 149 Å². The molecule has 4 N–H and O–H groups in total. The summed E-state index contributed by atoms with van der Waals surface area (Å²) in [6, 6.07) is 53.1. The van der Waals surface area contributed by atoms with E-state index in [0.29, 0.717) is 67.1 Å². The number of thiazole rings is 2. The highest BCUT2D eigenvalue weighted by atomic mass is 32.1. The second-order valence-electron chi connectivity index (χ2n) is 27.2. The first-order chi connectivity index (χ1) is 48.3. The van der Waals surface area contributed by atoms with Crippen LogP contribution in [0.4, 0.5) is 0 Å².